The second-order valence-electron chi connectivity index (χ2n) is 3.29. The maximum absolute atomic E-state index is 13.5. The Labute approximate surface area is 88.9 Å². The number of benzene rings is 1. The van der Waals surface area contributed by atoms with Crippen molar-refractivity contribution in [1.29, 1.82) is 0 Å². The predicted molar refractivity (Wildman–Crippen MR) is 56.5 cm³/mol. The van der Waals surface area contributed by atoms with Gasteiger partial charge in [-0.25, -0.2) is 4.39 Å². The number of aliphatic hydroxyl groups is 1. The van der Waals surface area contributed by atoms with Gasteiger partial charge in [-0.15, -0.1) is 0 Å². The minimum atomic E-state index is -0.299. The van der Waals surface area contributed by atoms with Crippen molar-refractivity contribution in [3.63, 3.8) is 0 Å². The highest BCUT2D eigenvalue weighted by Gasteiger charge is 2.10. The normalized spacial score (nSPS) is 12.5. The van der Waals surface area contributed by atoms with Crippen LogP contribution in [-0.2, 0) is 0 Å². The van der Waals surface area contributed by atoms with Gasteiger partial charge in [0.1, 0.15) is 11.6 Å². The van der Waals surface area contributed by atoms with E-state index >= 15 is 0 Å². The molecule has 0 aliphatic carbocycles. The number of rotatable bonds is 5. The van der Waals surface area contributed by atoms with Crippen LogP contribution in [0.25, 0.3) is 0 Å². The first kappa shape index (κ1) is 11.9. The first-order valence-electron chi connectivity index (χ1n) is 4.86. The van der Waals surface area contributed by atoms with Gasteiger partial charge in [0.2, 0.25) is 0 Å². The summed E-state index contributed by atoms with van der Waals surface area (Å²) in [6.45, 7) is 2.34. The van der Waals surface area contributed by atoms with Gasteiger partial charge in [0.05, 0.1) is 13.7 Å². The molecule has 0 heterocycles. The molecule has 0 aliphatic heterocycles. The molecule has 0 aromatic heterocycles. The van der Waals surface area contributed by atoms with Gasteiger partial charge in [0.25, 0.3) is 0 Å². The predicted octanol–water partition coefficient (Wildman–Crippen LogP) is 1.48. The van der Waals surface area contributed by atoms with Crippen LogP contribution >= 0.6 is 0 Å². The fourth-order valence-electron chi connectivity index (χ4n) is 1.38. The van der Waals surface area contributed by atoms with Crippen molar-refractivity contribution in [2.45, 2.75) is 13.0 Å². The van der Waals surface area contributed by atoms with Gasteiger partial charge in [0.15, 0.2) is 0 Å². The Morgan fingerprint density at radius 1 is 1.53 bits per heavy atom. The van der Waals surface area contributed by atoms with Gasteiger partial charge < -0.3 is 15.2 Å². The number of ether oxygens (including phenoxy) is 1. The highest BCUT2D eigenvalue weighted by Crippen LogP contribution is 2.21. The van der Waals surface area contributed by atoms with Gasteiger partial charge in [-0.2, -0.15) is 0 Å². The monoisotopic (exact) mass is 213 g/mol. The number of halogens is 1. The molecule has 0 amide bonds. The van der Waals surface area contributed by atoms with E-state index in [9.17, 15) is 4.39 Å². The molecule has 1 aromatic carbocycles. The van der Waals surface area contributed by atoms with Crippen LogP contribution in [0.3, 0.4) is 0 Å². The quantitative estimate of drug-likeness (QED) is 0.778. The summed E-state index contributed by atoms with van der Waals surface area (Å²) in [6.07, 6.45) is 0. The fraction of sp³-hybridized carbons (Fsp3) is 0.455. The summed E-state index contributed by atoms with van der Waals surface area (Å²) < 4.78 is 18.4. The molecule has 0 saturated heterocycles. The molecule has 15 heavy (non-hydrogen) atoms. The van der Waals surface area contributed by atoms with Crippen molar-refractivity contribution < 1.29 is 14.2 Å². The van der Waals surface area contributed by atoms with Crippen LogP contribution in [0, 0.1) is 5.82 Å². The molecule has 1 aromatic rings. The number of hydrogen-bond acceptors (Lipinski definition) is 3. The van der Waals surface area contributed by atoms with Crippen LogP contribution in [0.1, 0.15) is 18.5 Å². The first-order chi connectivity index (χ1) is 7.19. The molecule has 0 spiro atoms. The average molecular weight is 213 g/mol. The topological polar surface area (TPSA) is 41.5 Å². The van der Waals surface area contributed by atoms with Gasteiger partial charge in [-0.3, -0.25) is 0 Å². The molecule has 0 bridgehead atoms. The second kappa shape index (κ2) is 5.68. The zero-order valence-corrected chi connectivity index (χ0v) is 8.96. The molecule has 0 radical (unpaired) electrons. The lowest BCUT2D eigenvalue weighted by Gasteiger charge is -2.14. The number of methoxy groups -OCH3 is 1. The summed E-state index contributed by atoms with van der Waals surface area (Å²) >= 11 is 0. The van der Waals surface area contributed by atoms with E-state index in [0.717, 1.165) is 0 Å². The number of nitrogens with one attached hydrogen (secondary N) is 1. The van der Waals surface area contributed by atoms with Crippen LogP contribution in [0.5, 0.6) is 5.75 Å². The summed E-state index contributed by atoms with van der Waals surface area (Å²) in [6, 6.07) is 4.63. The van der Waals surface area contributed by atoms with Crippen LogP contribution in [0.2, 0.25) is 0 Å². The van der Waals surface area contributed by atoms with Crippen molar-refractivity contribution in [2.75, 3.05) is 20.3 Å². The Kier molecular flexibility index (Phi) is 4.52. The standard InChI is InChI=1S/C11H16FNO2/c1-8(13-5-6-14)10-4-3-9(15-2)7-11(10)12/h3-4,7-8,13-14H,5-6H2,1-2H3/t8-/m1/s1. The highest BCUT2D eigenvalue weighted by atomic mass is 19.1. The molecular weight excluding hydrogens is 197 g/mol. The smallest absolute Gasteiger partial charge is 0.131 e. The molecule has 0 aliphatic rings. The number of aliphatic hydroxyl groups excluding tert-OH is 1. The Morgan fingerprint density at radius 3 is 2.80 bits per heavy atom. The second-order valence-corrected chi connectivity index (χ2v) is 3.29. The summed E-state index contributed by atoms with van der Waals surface area (Å²) in [5.41, 5.74) is 0.573. The van der Waals surface area contributed by atoms with E-state index in [1.54, 1.807) is 12.1 Å². The molecule has 2 N–H and O–H groups in total. The third-order valence-electron chi connectivity index (χ3n) is 2.24. The molecule has 0 saturated carbocycles. The highest BCUT2D eigenvalue weighted by molar-refractivity contribution is 5.30. The minimum Gasteiger partial charge on any atom is -0.497 e. The third kappa shape index (κ3) is 3.18. The zero-order valence-electron chi connectivity index (χ0n) is 8.96. The lowest BCUT2D eigenvalue weighted by atomic mass is 10.1. The summed E-state index contributed by atoms with van der Waals surface area (Å²) in [7, 11) is 1.50. The molecule has 4 heteroatoms. The molecule has 0 fully saturated rings. The number of hydrogen-bond donors (Lipinski definition) is 2. The van der Waals surface area contributed by atoms with Crippen molar-refractivity contribution in [1.82, 2.24) is 5.32 Å². The van der Waals surface area contributed by atoms with Crippen molar-refractivity contribution in [2.24, 2.45) is 0 Å². The van der Waals surface area contributed by atoms with E-state index in [1.165, 1.54) is 13.2 Å². The molecular formula is C11H16FNO2. The van der Waals surface area contributed by atoms with Crippen molar-refractivity contribution in [3.8, 4) is 5.75 Å². The van der Waals surface area contributed by atoms with E-state index < -0.39 is 0 Å². The maximum atomic E-state index is 13.5. The third-order valence-corrected chi connectivity index (χ3v) is 2.24. The zero-order chi connectivity index (χ0) is 11.3. The van der Waals surface area contributed by atoms with E-state index in [0.29, 0.717) is 17.9 Å². The van der Waals surface area contributed by atoms with Crippen molar-refractivity contribution >= 4 is 0 Å². The van der Waals surface area contributed by atoms with E-state index in [-0.39, 0.29) is 18.5 Å². The van der Waals surface area contributed by atoms with Gasteiger partial charge >= 0.3 is 0 Å². The molecule has 3 nitrogen and oxygen atoms in total. The molecule has 84 valence electrons. The lowest BCUT2D eigenvalue weighted by molar-refractivity contribution is 0.285. The Hall–Kier alpha value is -1.13. The van der Waals surface area contributed by atoms with E-state index in [1.807, 2.05) is 6.92 Å². The van der Waals surface area contributed by atoms with Gasteiger partial charge in [-0.05, 0) is 13.0 Å². The van der Waals surface area contributed by atoms with Crippen LogP contribution in [0.15, 0.2) is 18.2 Å². The van der Waals surface area contributed by atoms with E-state index in [4.69, 9.17) is 9.84 Å². The Balaban J connectivity index is 2.76. The van der Waals surface area contributed by atoms with Crippen molar-refractivity contribution in [3.05, 3.63) is 29.6 Å². The molecule has 1 atom stereocenters. The first-order valence-corrected chi connectivity index (χ1v) is 4.86. The van der Waals surface area contributed by atoms with Crippen LogP contribution in [0.4, 0.5) is 4.39 Å². The summed E-state index contributed by atoms with van der Waals surface area (Å²) in [5.74, 6) is 0.206. The molecule has 0 unspecified atom stereocenters. The maximum Gasteiger partial charge on any atom is 0.131 e. The summed E-state index contributed by atoms with van der Waals surface area (Å²) in [5, 5.41) is 11.6. The fourth-order valence-corrected chi connectivity index (χ4v) is 1.38. The average Bonchev–Trinajstić information content (AvgIpc) is 2.25. The lowest BCUT2D eigenvalue weighted by Crippen LogP contribution is -2.22. The van der Waals surface area contributed by atoms with Gasteiger partial charge in [0, 0.05) is 24.2 Å². The van der Waals surface area contributed by atoms with Crippen LogP contribution in [-0.4, -0.2) is 25.4 Å². The van der Waals surface area contributed by atoms with Crippen LogP contribution < -0.4 is 10.1 Å². The molecule has 1 rings (SSSR count). The minimum absolute atomic E-state index is 0.0438. The largest absolute Gasteiger partial charge is 0.497 e. The van der Waals surface area contributed by atoms with Gasteiger partial charge in [-0.1, -0.05) is 6.07 Å². The summed E-state index contributed by atoms with van der Waals surface area (Å²) in [4.78, 5) is 0. The van der Waals surface area contributed by atoms with E-state index in [2.05, 4.69) is 5.32 Å². The Bertz CT molecular complexity index is 317. The Morgan fingerprint density at radius 2 is 2.27 bits per heavy atom. The SMILES string of the molecule is COc1ccc([C@@H](C)NCCO)c(F)c1.